The predicted molar refractivity (Wildman–Crippen MR) is 129 cm³/mol. The van der Waals surface area contributed by atoms with Crippen LogP contribution in [0.15, 0.2) is 79.1 Å². The zero-order chi connectivity index (χ0) is 23.0. The van der Waals surface area contributed by atoms with E-state index in [1.807, 2.05) is 47.5 Å². The van der Waals surface area contributed by atoms with Gasteiger partial charge in [0.1, 0.15) is 6.04 Å². The fraction of sp³-hybridized carbons (Fsp3) is 0.240. The summed E-state index contributed by atoms with van der Waals surface area (Å²) in [7, 11) is 0. The standard InChI is InChI=1S/C25H26ClN5O2/c26-21-8-10-22(11-9-21)28-25(33)29-23(20-6-2-1-3-7-20)24(32)31-15-13-30(14-16-31)18-19-5-4-12-27-17-19/h1-12,17,23H,13-16,18H2,(H2,28,29,33)/t23-/m1/s1. The number of hydrogen-bond acceptors (Lipinski definition) is 4. The van der Waals surface area contributed by atoms with Crippen LogP contribution in [0.1, 0.15) is 17.2 Å². The van der Waals surface area contributed by atoms with Crippen molar-refractivity contribution in [3.8, 4) is 0 Å². The molecule has 0 aliphatic carbocycles. The van der Waals surface area contributed by atoms with Crippen LogP contribution in [0.25, 0.3) is 0 Å². The van der Waals surface area contributed by atoms with Crippen LogP contribution in [-0.4, -0.2) is 52.9 Å². The summed E-state index contributed by atoms with van der Waals surface area (Å²) in [5.74, 6) is -0.117. The minimum Gasteiger partial charge on any atom is -0.338 e. The Morgan fingerprint density at radius 3 is 2.33 bits per heavy atom. The van der Waals surface area contributed by atoms with Gasteiger partial charge in [0.2, 0.25) is 5.91 Å². The molecule has 1 aliphatic heterocycles. The topological polar surface area (TPSA) is 77.6 Å². The van der Waals surface area contributed by atoms with Crippen molar-refractivity contribution in [1.29, 1.82) is 0 Å². The molecule has 0 spiro atoms. The van der Waals surface area contributed by atoms with Crippen LogP contribution in [0.4, 0.5) is 10.5 Å². The molecule has 4 rings (SSSR count). The zero-order valence-electron chi connectivity index (χ0n) is 18.2. The number of anilines is 1. The SMILES string of the molecule is O=C(Nc1ccc(Cl)cc1)N[C@@H](C(=O)N1CCN(Cc2cccnc2)CC1)c1ccccc1. The molecule has 8 heteroatoms. The van der Waals surface area contributed by atoms with Gasteiger partial charge in [0.25, 0.3) is 0 Å². The number of benzene rings is 2. The van der Waals surface area contributed by atoms with Gasteiger partial charge in [-0.25, -0.2) is 4.79 Å². The van der Waals surface area contributed by atoms with Gasteiger partial charge in [0.05, 0.1) is 0 Å². The van der Waals surface area contributed by atoms with Crippen molar-refractivity contribution in [1.82, 2.24) is 20.1 Å². The molecular weight excluding hydrogens is 438 g/mol. The van der Waals surface area contributed by atoms with Crippen molar-refractivity contribution < 1.29 is 9.59 Å². The Balaban J connectivity index is 1.40. The predicted octanol–water partition coefficient (Wildman–Crippen LogP) is 3.94. The highest BCUT2D eigenvalue weighted by atomic mass is 35.5. The minimum atomic E-state index is -0.775. The molecule has 2 heterocycles. The van der Waals surface area contributed by atoms with E-state index < -0.39 is 12.1 Å². The largest absolute Gasteiger partial charge is 0.338 e. The molecule has 1 atom stereocenters. The molecule has 1 aliphatic rings. The van der Waals surface area contributed by atoms with E-state index in [9.17, 15) is 9.59 Å². The maximum absolute atomic E-state index is 13.4. The smallest absolute Gasteiger partial charge is 0.320 e. The van der Waals surface area contributed by atoms with E-state index in [0.717, 1.165) is 30.8 Å². The number of hydrogen-bond donors (Lipinski definition) is 2. The minimum absolute atomic E-state index is 0.117. The molecule has 1 fully saturated rings. The molecule has 3 amide bonds. The maximum atomic E-state index is 13.4. The lowest BCUT2D eigenvalue weighted by molar-refractivity contribution is -0.135. The summed E-state index contributed by atoms with van der Waals surface area (Å²) < 4.78 is 0. The van der Waals surface area contributed by atoms with Gasteiger partial charge in [-0.05, 0) is 41.5 Å². The zero-order valence-corrected chi connectivity index (χ0v) is 18.9. The summed E-state index contributed by atoms with van der Waals surface area (Å²) in [6, 6.07) is 18.9. The number of halogens is 1. The van der Waals surface area contributed by atoms with Crippen molar-refractivity contribution in [2.45, 2.75) is 12.6 Å². The Morgan fingerprint density at radius 2 is 1.67 bits per heavy atom. The highest BCUT2D eigenvalue weighted by molar-refractivity contribution is 6.30. The van der Waals surface area contributed by atoms with E-state index in [1.165, 1.54) is 0 Å². The molecule has 7 nitrogen and oxygen atoms in total. The first kappa shape index (κ1) is 22.8. The van der Waals surface area contributed by atoms with E-state index >= 15 is 0 Å². The van der Waals surface area contributed by atoms with E-state index in [0.29, 0.717) is 23.8 Å². The third-order valence-electron chi connectivity index (χ3n) is 5.57. The average molecular weight is 464 g/mol. The number of rotatable bonds is 6. The molecule has 33 heavy (non-hydrogen) atoms. The first-order valence-corrected chi connectivity index (χ1v) is 11.2. The van der Waals surface area contributed by atoms with Crippen LogP contribution in [0.2, 0.25) is 5.02 Å². The Bertz CT molecular complexity index is 1060. The molecule has 1 aromatic heterocycles. The molecule has 2 N–H and O–H groups in total. The normalized spacial score (nSPS) is 15.0. The van der Waals surface area contributed by atoms with Crippen LogP contribution < -0.4 is 10.6 Å². The summed E-state index contributed by atoms with van der Waals surface area (Å²) >= 11 is 5.91. The van der Waals surface area contributed by atoms with Crippen LogP contribution in [0.5, 0.6) is 0 Å². The van der Waals surface area contributed by atoms with Crippen molar-refractivity contribution in [2.75, 3.05) is 31.5 Å². The van der Waals surface area contributed by atoms with Gasteiger partial charge in [-0.2, -0.15) is 0 Å². The highest BCUT2D eigenvalue weighted by Gasteiger charge is 2.30. The number of amides is 3. The lowest BCUT2D eigenvalue weighted by Crippen LogP contribution is -2.52. The number of nitrogens with zero attached hydrogens (tertiary/aromatic N) is 3. The molecule has 3 aromatic rings. The Labute approximate surface area is 198 Å². The monoisotopic (exact) mass is 463 g/mol. The number of piperazine rings is 1. The Kier molecular flexibility index (Phi) is 7.55. The first-order chi connectivity index (χ1) is 16.1. The second kappa shape index (κ2) is 10.9. The van der Waals surface area contributed by atoms with E-state index in [4.69, 9.17) is 11.6 Å². The Hall–Kier alpha value is -3.42. The second-order valence-corrected chi connectivity index (χ2v) is 8.35. The molecule has 2 aromatic carbocycles. The third-order valence-corrected chi connectivity index (χ3v) is 5.82. The summed E-state index contributed by atoms with van der Waals surface area (Å²) in [5, 5.41) is 6.20. The fourth-order valence-electron chi connectivity index (χ4n) is 3.82. The maximum Gasteiger partial charge on any atom is 0.320 e. The van der Waals surface area contributed by atoms with E-state index in [1.54, 1.807) is 30.5 Å². The quantitative estimate of drug-likeness (QED) is 0.580. The Morgan fingerprint density at radius 1 is 0.939 bits per heavy atom. The van der Waals surface area contributed by atoms with Gasteiger partial charge >= 0.3 is 6.03 Å². The van der Waals surface area contributed by atoms with Gasteiger partial charge < -0.3 is 15.5 Å². The number of pyridine rings is 1. The molecule has 1 saturated heterocycles. The molecular formula is C25H26ClN5O2. The van der Waals surface area contributed by atoms with Gasteiger partial charge in [-0.1, -0.05) is 48.0 Å². The lowest BCUT2D eigenvalue weighted by Gasteiger charge is -2.36. The summed E-state index contributed by atoms with van der Waals surface area (Å²) in [6.07, 6.45) is 3.63. The van der Waals surface area contributed by atoms with Crippen molar-refractivity contribution in [3.63, 3.8) is 0 Å². The van der Waals surface area contributed by atoms with Crippen molar-refractivity contribution in [2.24, 2.45) is 0 Å². The summed E-state index contributed by atoms with van der Waals surface area (Å²) in [4.78, 5) is 34.4. The lowest BCUT2D eigenvalue weighted by atomic mass is 10.1. The van der Waals surface area contributed by atoms with E-state index in [-0.39, 0.29) is 5.91 Å². The van der Waals surface area contributed by atoms with Gasteiger partial charge in [0.15, 0.2) is 0 Å². The number of urea groups is 1. The van der Waals surface area contributed by atoms with Crippen molar-refractivity contribution in [3.05, 3.63) is 95.3 Å². The highest BCUT2D eigenvalue weighted by Crippen LogP contribution is 2.19. The summed E-state index contributed by atoms with van der Waals surface area (Å²) in [6.45, 7) is 3.53. The second-order valence-electron chi connectivity index (χ2n) is 7.91. The molecule has 0 saturated carbocycles. The van der Waals surface area contributed by atoms with Gasteiger partial charge in [-0.15, -0.1) is 0 Å². The van der Waals surface area contributed by atoms with Crippen LogP contribution in [0, 0.1) is 0 Å². The number of nitrogens with one attached hydrogen (secondary N) is 2. The number of carbonyl (C=O) groups excluding carboxylic acids is 2. The number of carbonyl (C=O) groups is 2. The van der Waals surface area contributed by atoms with Crippen LogP contribution in [0.3, 0.4) is 0 Å². The number of aromatic nitrogens is 1. The van der Waals surface area contributed by atoms with Gasteiger partial charge in [0, 0.05) is 55.8 Å². The van der Waals surface area contributed by atoms with Crippen LogP contribution >= 0.6 is 11.6 Å². The first-order valence-electron chi connectivity index (χ1n) is 10.9. The molecule has 0 bridgehead atoms. The van der Waals surface area contributed by atoms with Crippen molar-refractivity contribution >= 4 is 29.2 Å². The molecule has 0 unspecified atom stereocenters. The molecule has 0 radical (unpaired) electrons. The van der Waals surface area contributed by atoms with Crippen LogP contribution in [-0.2, 0) is 11.3 Å². The summed E-state index contributed by atoms with van der Waals surface area (Å²) in [5.41, 5.74) is 2.49. The van der Waals surface area contributed by atoms with E-state index in [2.05, 4.69) is 26.6 Å². The fourth-order valence-corrected chi connectivity index (χ4v) is 3.95. The molecule has 170 valence electrons. The van der Waals surface area contributed by atoms with Gasteiger partial charge in [-0.3, -0.25) is 14.7 Å². The average Bonchev–Trinajstić information content (AvgIpc) is 2.85. The third kappa shape index (κ3) is 6.31.